The van der Waals surface area contributed by atoms with Gasteiger partial charge in [0.2, 0.25) is 0 Å². The third-order valence-corrected chi connectivity index (χ3v) is 5.24. The summed E-state index contributed by atoms with van der Waals surface area (Å²) in [5.74, 6) is -0.280. The number of carbonyl (C=O) groups excluding carboxylic acids is 2. The molecule has 2 aromatic heterocycles. The molecule has 0 bridgehead atoms. The first kappa shape index (κ1) is 21.3. The predicted molar refractivity (Wildman–Crippen MR) is 126 cm³/mol. The highest BCUT2D eigenvalue weighted by molar-refractivity contribution is 6.12. The van der Waals surface area contributed by atoms with Gasteiger partial charge in [0.15, 0.2) is 11.3 Å². The molecule has 2 amide bonds. The number of benzene rings is 2. The number of imidazole rings is 1. The van der Waals surface area contributed by atoms with Crippen molar-refractivity contribution in [2.24, 2.45) is 5.10 Å². The molecular weight excluding hydrogens is 437 g/mol. The molecule has 4 aromatic rings. The number of carbonyl (C=O) groups is 2. The van der Waals surface area contributed by atoms with Crippen LogP contribution in [-0.2, 0) is 11.3 Å². The third kappa shape index (κ3) is 4.33. The van der Waals surface area contributed by atoms with E-state index in [1.165, 1.54) is 27.9 Å². The van der Waals surface area contributed by atoms with E-state index in [9.17, 15) is 14.0 Å². The van der Waals surface area contributed by atoms with Gasteiger partial charge in [0.05, 0.1) is 18.3 Å². The summed E-state index contributed by atoms with van der Waals surface area (Å²) >= 11 is 0. The Morgan fingerprint density at radius 2 is 1.94 bits per heavy atom. The number of halogens is 1. The highest BCUT2D eigenvalue weighted by Gasteiger charge is 2.23. The molecule has 2 aromatic carbocycles. The molecule has 170 valence electrons. The molecular formula is C24H20FN7O2. The number of hydrogen-bond donors (Lipinski definition) is 2. The van der Waals surface area contributed by atoms with Gasteiger partial charge in [-0.2, -0.15) is 5.10 Å². The summed E-state index contributed by atoms with van der Waals surface area (Å²) in [6.45, 7) is 2.24. The van der Waals surface area contributed by atoms with E-state index < -0.39 is 5.91 Å². The van der Waals surface area contributed by atoms with E-state index in [0.717, 1.165) is 11.3 Å². The number of hydrazone groups is 1. The molecule has 0 aliphatic carbocycles. The van der Waals surface area contributed by atoms with E-state index >= 15 is 0 Å². The van der Waals surface area contributed by atoms with Crippen LogP contribution in [0.3, 0.4) is 0 Å². The second-order valence-corrected chi connectivity index (χ2v) is 7.83. The van der Waals surface area contributed by atoms with Crippen molar-refractivity contribution in [3.8, 4) is 0 Å². The summed E-state index contributed by atoms with van der Waals surface area (Å²) in [6.07, 6.45) is 1.73. The zero-order valence-electron chi connectivity index (χ0n) is 18.2. The van der Waals surface area contributed by atoms with Gasteiger partial charge in [-0.25, -0.2) is 18.9 Å². The van der Waals surface area contributed by atoms with Crippen molar-refractivity contribution in [3.63, 3.8) is 0 Å². The molecule has 10 heteroatoms. The van der Waals surface area contributed by atoms with Crippen LogP contribution >= 0.6 is 0 Å². The number of fused-ring (bicyclic) bond motifs is 1. The van der Waals surface area contributed by atoms with Crippen LogP contribution in [0.5, 0.6) is 0 Å². The topological polar surface area (TPSA) is 104 Å². The monoisotopic (exact) mass is 457 g/mol. The minimum absolute atomic E-state index is 0.118. The fraction of sp³-hybridized carbons (Fsp3) is 0.125. The quantitative estimate of drug-likeness (QED) is 0.458. The maximum atomic E-state index is 13.1. The number of aromatic nitrogens is 3. The van der Waals surface area contributed by atoms with Crippen LogP contribution in [-0.4, -0.2) is 32.1 Å². The van der Waals surface area contributed by atoms with Crippen LogP contribution in [0.25, 0.3) is 5.65 Å². The molecule has 34 heavy (non-hydrogen) atoms. The molecule has 0 atom stereocenters. The van der Waals surface area contributed by atoms with E-state index in [4.69, 9.17) is 0 Å². The van der Waals surface area contributed by atoms with Crippen molar-refractivity contribution in [2.45, 2.75) is 19.9 Å². The summed E-state index contributed by atoms with van der Waals surface area (Å²) in [5.41, 5.74) is 3.47. The molecule has 5 rings (SSSR count). The lowest BCUT2D eigenvalue weighted by Gasteiger charge is -2.13. The Balaban J connectivity index is 1.33. The zero-order chi connectivity index (χ0) is 23.7. The van der Waals surface area contributed by atoms with Gasteiger partial charge in [0.25, 0.3) is 11.8 Å². The lowest BCUT2D eigenvalue weighted by atomic mass is 10.2. The van der Waals surface area contributed by atoms with Crippen LogP contribution < -0.4 is 15.6 Å². The Kier molecular flexibility index (Phi) is 5.46. The smallest absolute Gasteiger partial charge is 0.276 e. The molecule has 0 radical (unpaired) electrons. The second-order valence-electron chi connectivity index (χ2n) is 7.83. The highest BCUT2D eigenvalue weighted by Crippen LogP contribution is 2.24. The molecule has 0 unspecified atom stereocenters. The van der Waals surface area contributed by atoms with Crippen LogP contribution in [0.4, 0.5) is 21.6 Å². The Labute approximate surface area is 193 Å². The SMILES string of the molecule is CC1=NN(c2cccc(NC(=O)c3cnc4ccc(NCc5ccc(F)cc5)nn34)c2)C(=O)C1. The molecule has 0 fully saturated rings. The molecule has 0 spiro atoms. The van der Waals surface area contributed by atoms with Crippen molar-refractivity contribution in [2.75, 3.05) is 15.6 Å². The van der Waals surface area contributed by atoms with Gasteiger partial charge in [-0.15, -0.1) is 5.10 Å². The number of anilines is 3. The molecule has 3 heterocycles. The standard InChI is InChI=1S/C24H20FN7O2/c1-15-11-23(33)31(29-15)19-4-2-3-18(12-19)28-24(34)20-14-27-22-10-9-21(30-32(20)22)26-13-16-5-7-17(25)8-6-16/h2-10,12,14H,11,13H2,1H3,(H,26,30)(H,28,34). The molecule has 0 saturated heterocycles. The minimum atomic E-state index is -0.403. The van der Waals surface area contributed by atoms with Gasteiger partial charge in [-0.3, -0.25) is 9.59 Å². The van der Waals surface area contributed by atoms with Gasteiger partial charge in [0, 0.05) is 17.9 Å². The van der Waals surface area contributed by atoms with E-state index in [1.54, 1.807) is 55.5 Å². The average molecular weight is 457 g/mol. The third-order valence-electron chi connectivity index (χ3n) is 5.24. The Morgan fingerprint density at radius 1 is 1.12 bits per heavy atom. The Morgan fingerprint density at radius 3 is 2.71 bits per heavy atom. The van der Waals surface area contributed by atoms with Gasteiger partial charge >= 0.3 is 0 Å². The lowest BCUT2D eigenvalue weighted by Crippen LogP contribution is -2.20. The fourth-order valence-corrected chi connectivity index (χ4v) is 3.59. The number of nitrogens with one attached hydrogen (secondary N) is 2. The number of nitrogens with zero attached hydrogens (tertiary/aromatic N) is 5. The Bertz CT molecular complexity index is 1430. The fourth-order valence-electron chi connectivity index (χ4n) is 3.59. The summed E-state index contributed by atoms with van der Waals surface area (Å²) in [5, 5.41) is 16.0. The van der Waals surface area contributed by atoms with Crippen LogP contribution in [0.15, 0.2) is 72.0 Å². The number of hydrogen-bond acceptors (Lipinski definition) is 6. The largest absolute Gasteiger partial charge is 0.365 e. The van der Waals surface area contributed by atoms with Gasteiger partial charge in [-0.1, -0.05) is 18.2 Å². The summed E-state index contributed by atoms with van der Waals surface area (Å²) in [6, 6.07) is 16.6. The van der Waals surface area contributed by atoms with Crippen LogP contribution in [0.2, 0.25) is 0 Å². The van der Waals surface area contributed by atoms with E-state index in [-0.39, 0.29) is 23.8 Å². The minimum Gasteiger partial charge on any atom is -0.365 e. The molecule has 1 aliphatic rings. The summed E-state index contributed by atoms with van der Waals surface area (Å²) < 4.78 is 14.5. The van der Waals surface area contributed by atoms with Crippen molar-refractivity contribution >= 4 is 40.4 Å². The number of rotatable bonds is 6. The van der Waals surface area contributed by atoms with Crippen LogP contribution in [0, 0.1) is 5.82 Å². The summed E-state index contributed by atoms with van der Waals surface area (Å²) in [4.78, 5) is 29.4. The lowest BCUT2D eigenvalue weighted by molar-refractivity contribution is -0.116. The second kappa shape index (κ2) is 8.74. The van der Waals surface area contributed by atoms with Gasteiger partial charge in [-0.05, 0) is 55.0 Å². The molecule has 0 saturated carbocycles. The first-order valence-electron chi connectivity index (χ1n) is 10.6. The normalized spacial score (nSPS) is 13.3. The van der Waals surface area contributed by atoms with E-state index in [0.29, 0.717) is 29.4 Å². The van der Waals surface area contributed by atoms with E-state index in [2.05, 4.69) is 25.8 Å². The average Bonchev–Trinajstić information content (AvgIpc) is 3.41. The predicted octanol–water partition coefficient (Wildman–Crippen LogP) is 3.85. The van der Waals surface area contributed by atoms with Crippen molar-refractivity contribution in [1.29, 1.82) is 0 Å². The maximum Gasteiger partial charge on any atom is 0.276 e. The molecule has 1 aliphatic heterocycles. The van der Waals surface area contributed by atoms with Crippen molar-refractivity contribution in [3.05, 3.63) is 83.9 Å². The molecule has 9 nitrogen and oxygen atoms in total. The molecule has 2 N–H and O–H groups in total. The maximum absolute atomic E-state index is 13.1. The van der Waals surface area contributed by atoms with Gasteiger partial charge < -0.3 is 10.6 Å². The summed E-state index contributed by atoms with van der Waals surface area (Å²) in [7, 11) is 0. The van der Waals surface area contributed by atoms with Gasteiger partial charge in [0.1, 0.15) is 11.6 Å². The highest BCUT2D eigenvalue weighted by atomic mass is 19.1. The first-order chi connectivity index (χ1) is 16.5. The number of amides is 2. The Hall–Kier alpha value is -4.60. The first-order valence-corrected chi connectivity index (χ1v) is 10.6. The van der Waals surface area contributed by atoms with Crippen molar-refractivity contribution in [1.82, 2.24) is 14.6 Å². The zero-order valence-corrected chi connectivity index (χ0v) is 18.2. The van der Waals surface area contributed by atoms with Crippen molar-refractivity contribution < 1.29 is 14.0 Å². The van der Waals surface area contributed by atoms with Crippen LogP contribution in [0.1, 0.15) is 29.4 Å². The van der Waals surface area contributed by atoms with E-state index in [1.807, 2.05) is 0 Å².